The summed E-state index contributed by atoms with van der Waals surface area (Å²) < 4.78 is 0. The Labute approximate surface area is 85.2 Å². The number of hydrogen-bond donors (Lipinski definition) is 1. The predicted molar refractivity (Wildman–Crippen MR) is 55.2 cm³/mol. The fraction of sp³-hybridized carbons (Fsp3) is 0.900. The molecule has 0 aromatic rings. The summed E-state index contributed by atoms with van der Waals surface area (Å²) in [6, 6.07) is 0.173. The van der Waals surface area contributed by atoms with E-state index >= 15 is 0 Å². The zero-order valence-corrected chi connectivity index (χ0v) is 9.05. The lowest BCUT2D eigenvalue weighted by atomic mass is 9.90. The molecule has 0 aromatic carbocycles. The summed E-state index contributed by atoms with van der Waals surface area (Å²) in [5.41, 5.74) is 0.106. The maximum absolute atomic E-state index is 11.7. The highest BCUT2D eigenvalue weighted by atomic mass is 16.2. The number of rotatable bonds is 0. The molecule has 0 bridgehead atoms. The molecule has 0 aliphatic carbocycles. The van der Waals surface area contributed by atoms with Crippen LogP contribution in [-0.4, -0.2) is 55.1 Å². The van der Waals surface area contributed by atoms with Gasteiger partial charge in [0.25, 0.3) is 0 Å². The zero-order chi connectivity index (χ0) is 10.2. The fourth-order valence-corrected chi connectivity index (χ4v) is 2.68. The van der Waals surface area contributed by atoms with Crippen LogP contribution >= 0.6 is 0 Å². The lowest BCUT2D eigenvalue weighted by Crippen LogP contribution is -2.45. The third-order valence-electron chi connectivity index (χ3n) is 3.62. The van der Waals surface area contributed by atoms with E-state index in [1.807, 2.05) is 23.9 Å². The summed E-state index contributed by atoms with van der Waals surface area (Å²) in [6.45, 7) is 3.02. The summed E-state index contributed by atoms with van der Waals surface area (Å²) >= 11 is 0. The van der Waals surface area contributed by atoms with Crippen molar-refractivity contribution in [3.8, 4) is 0 Å². The van der Waals surface area contributed by atoms with Crippen LogP contribution in [0.5, 0.6) is 0 Å². The maximum atomic E-state index is 11.7. The van der Waals surface area contributed by atoms with E-state index in [0.29, 0.717) is 0 Å². The Kier molecular flexibility index (Phi) is 2.39. The average Bonchev–Trinajstić information content (AvgIpc) is 2.38. The minimum atomic E-state index is 0.106. The van der Waals surface area contributed by atoms with E-state index < -0.39 is 0 Å². The molecule has 4 heteroatoms. The molecule has 1 unspecified atom stereocenters. The molecule has 2 amide bonds. The van der Waals surface area contributed by atoms with E-state index in [0.717, 1.165) is 32.5 Å². The molecule has 1 N–H and O–H groups in total. The van der Waals surface area contributed by atoms with E-state index in [4.69, 9.17) is 0 Å². The van der Waals surface area contributed by atoms with E-state index in [2.05, 4.69) is 5.32 Å². The number of nitrogens with one attached hydrogen (secondary N) is 1. The highest BCUT2D eigenvalue weighted by Crippen LogP contribution is 2.32. The van der Waals surface area contributed by atoms with Crippen LogP contribution in [-0.2, 0) is 0 Å². The Morgan fingerprint density at radius 3 is 2.71 bits per heavy atom. The van der Waals surface area contributed by atoms with Gasteiger partial charge in [-0.3, -0.25) is 0 Å². The van der Waals surface area contributed by atoms with E-state index in [-0.39, 0.29) is 11.6 Å². The largest absolute Gasteiger partial charge is 0.325 e. The van der Waals surface area contributed by atoms with Gasteiger partial charge in [0.05, 0.1) is 5.54 Å². The Hall–Kier alpha value is -0.770. The first-order valence-corrected chi connectivity index (χ1v) is 5.35. The first-order chi connectivity index (χ1) is 6.66. The SMILES string of the molecule is CN1CC2(CCCNCC2)N(C)C1=O. The van der Waals surface area contributed by atoms with Crippen LogP contribution in [0.15, 0.2) is 0 Å². The summed E-state index contributed by atoms with van der Waals surface area (Å²) in [7, 11) is 3.84. The molecular weight excluding hydrogens is 178 g/mol. The molecular formula is C10H19N3O. The number of urea groups is 1. The summed E-state index contributed by atoms with van der Waals surface area (Å²) in [5.74, 6) is 0. The third-order valence-corrected chi connectivity index (χ3v) is 3.62. The number of carbonyl (C=O) groups excluding carboxylic acids is 1. The van der Waals surface area contributed by atoms with Crippen LogP contribution in [0.25, 0.3) is 0 Å². The van der Waals surface area contributed by atoms with Gasteiger partial charge in [-0.05, 0) is 32.4 Å². The summed E-state index contributed by atoms with van der Waals surface area (Å²) in [5, 5.41) is 3.39. The van der Waals surface area contributed by atoms with Gasteiger partial charge in [0, 0.05) is 20.6 Å². The van der Waals surface area contributed by atoms with Crippen LogP contribution in [0, 0.1) is 0 Å². The van der Waals surface area contributed by atoms with Crippen LogP contribution in [0.3, 0.4) is 0 Å². The van der Waals surface area contributed by atoms with Gasteiger partial charge in [-0.2, -0.15) is 0 Å². The van der Waals surface area contributed by atoms with Gasteiger partial charge < -0.3 is 15.1 Å². The normalized spacial score (nSPS) is 34.0. The lowest BCUT2D eigenvalue weighted by Gasteiger charge is -2.33. The van der Waals surface area contributed by atoms with Crippen LogP contribution in [0.2, 0.25) is 0 Å². The molecule has 80 valence electrons. The molecule has 4 nitrogen and oxygen atoms in total. The van der Waals surface area contributed by atoms with Crippen molar-refractivity contribution in [2.24, 2.45) is 0 Å². The minimum Gasteiger partial charge on any atom is -0.325 e. The van der Waals surface area contributed by atoms with Crippen molar-refractivity contribution in [2.75, 3.05) is 33.7 Å². The second-order valence-electron chi connectivity index (χ2n) is 4.53. The minimum absolute atomic E-state index is 0.106. The molecule has 1 spiro atoms. The Morgan fingerprint density at radius 1 is 1.29 bits per heavy atom. The van der Waals surface area contributed by atoms with Gasteiger partial charge in [0.2, 0.25) is 0 Å². The van der Waals surface area contributed by atoms with Crippen molar-refractivity contribution in [1.82, 2.24) is 15.1 Å². The molecule has 2 fully saturated rings. The Balaban J connectivity index is 2.17. The van der Waals surface area contributed by atoms with Gasteiger partial charge >= 0.3 is 6.03 Å². The Morgan fingerprint density at radius 2 is 2.07 bits per heavy atom. The first-order valence-electron chi connectivity index (χ1n) is 5.35. The van der Waals surface area contributed by atoms with Gasteiger partial charge in [0.1, 0.15) is 0 Å². The molecule has 2 heterocycles. The van der Waals surface area contributed by atoms with E-state index in [1.165, 1.54) is 6.42 Å². The second kappa shape index (κ2) is 3.42. The van der Waals surface area contributed by atoms with Crippen molar-refractivity contribution in [1.29, 1.82) is 0 Å². The van der Waals surface area contributed by atoms with Gasteiger partial charge in [-0.25, -0.2) is 4.79 Å². The van der Waals surface area contributed by atoms with Gasteiger partial charge in [-0.1, -0.05) is 0 Å². The molecule has 0 radical (unpaired) electrons. The Bertz CT molecular complexity index is 234. The van der Waals surface area contributed by atoms with Crippen molar-refractivity contribution < 1.29 is 4.79 Å². The standard InChI is InChI=1S/C10H19N3O/c1-12-8-10(13(2)9(12)14)4-3-6-11-7-5-10/h11H,3-8H2,1-2H3. The summed E-state index contributed by atoms with van der Waals surface area (Å²) in [6.07, 6.45) is 3.39. The van der Waals surface area contributed by atoms with Gasteiger partial charge in [0.15, 0.2) is 0 Å². The molecule has 2 rings (SSSR count). The molecule has 2 aliphatic heterocycles. The fourth-order valence-electron chi connectivity index (χ4n) is 2.68. The molecule has 0 saturated carbocycles. The van der Waals surface area contributed by atoms with E-state index in [1.54, 1.807) is 0 Å². The molecule has 14 heavy (non-hydrogen) atoms. The van der Waals surface area contributed by atoms with Crippen molar-refractivity contribution >= 4 is 6.03 Å². The topological polar surface area (TPSA) is 35.6 Å². The lowest BCUT2D eigenvalue weighted by molar-refractivity contribution is 0.167. The molecule has 2 aliphatic rings. The van der Waals surface area contributed by atoms with Gasteiger partial charge in [-0.15, -0.1) is 0 Å². The highest BCUT2D eigenvalue weighted by molar-refractivity contribution is 5.77. The first kappa shape index (κ1) is 9.77. The van der Waals surface area contributed by atoms with Crippen molar-refractivity contribution in [3.63, 3.8) is 0 Å². The molecule has 1 atom stereocenters. The molecule has 2 saturated heterocycles. The summed E-state index contributed by atoms with van der Waals surface area (Å²) in [4.78, 5) is 15.5. The third kappa shape index (κ3) is 1.38. The second-order valence-corrected chi connectivity index (χ2v) is 4.53. The van der Waals surface area contributed by atoms with Crippen molar-refractivity contribution in [2.45, 2.75) is 24.8 Å². The number of hydrogen-bond acceptors (Lipinski definition) is 2. The van der Waals surface area contributed by atoms with Crippen LogP contribution in [0.1, 0.15) is 19.3 Å². The van der Waals surface area contributed by atoms with Crippen LogP contribution < -0.4 is 5.32 Å². The zero-order valence-electron chi connectivity index (χ0n) is 9.05. The monoisotopic (exact) mass is 197 g/mol. The maximum Gasteiger partial charge on any atom is 0.320 e. The highest BCUT2D eigenvalue weighted by Gasteiger charge is 2.45. The number of likely N-dealkylation sites (N-methyl/N-ethyl adjacent to an activating group) is 2. The smallest absolute Gasteiger partial charge is 0.320 e. The van der Waals surface area contributed by atoms with Crippen LogP contribution in [0.4, 0.5) is 4.79 Å². The quantitative estimate of drug-likeness (QED) is 0.613. The molecule has 0 aromatic heterocycles. The number of amides is 2. The number of nitrogens with zero attached hydrogens (tertiary/aromatic N) is 2. The van der Waals surface area contributed by atoms with E-state index in [9.17, 15) is 4.79 Å². The average molecular weight is 197 g/mol. The number of carbonyl (C=O) groups is 1. The van der Waals surface area contributed by atoms with Crippen molar-refractivity contribution in [3.05, 3.63) is 0 Å². The predicted octanol–water partition coefficient (Wildman–Crippen LogP) is 0.496.